The summed E-state index contributed by atoms with van der Waals surface area (Å²) in [5.74, 6) is 0.0801. The summed E-state index contributed by atoms with van der Waals surface area (Å²) in [6.45, 7) is 2.38. The smallest absolute Gasteiger partial charge is 0.253 e. The second-order valence-electron chi connectivity index (χ2n) is 6.06. The van der Waals surface area contributed by atoms with Crippen molar-refractivity contribution in [2.45, 2.75) is 13.3 Å². The lowest BCUT2D eigenvalue weighted by Gasteiger charge is -2.13. The molecule has 1 unspecified atom stereocenters. The van der Waals surface area contributed by atoms with Crippen molar-refractivity contribution in [2.75, 3.05) is 13.7 Å². The molecule has 25 heavy (non-hydrogen) atoms. The molecule has 1 atom stereocenters. The minimum absolute atomic E-state index is 0.156. The fraction of sp³-hybridized carbons (Fsp3) is 0.250. The van der Waals surface area contributed by atoms with Crippen LogP contribution >= 0.6 is 0 Å². The van der Waals surface area contributed by atoms with Crippen molar-refractivity contribution in [2.24, 2.45) is 10.9 Å². The molecule has 0 spiro atoms. The topological polar surface area (TPSA) is 67.8 Å². The number of carbonyl (C=O) groups excluding carboxylic acids is 2. The van der Waals surface area contributed by atoms with Gasteiger partial charge in [0, 0.05) is 12.1 Å². The van der Waals surface area contributed by atoms with Gasteiger partial charge in [-0.15, -0.1) is 0 Å². The molecule has 0 fully saturated rings. The Bertz CT molecular complexity index is 917. The van der Waals surface area contributed by atoms with Crippen LogP contribution in [-0.4, -0.2) is 25.5 Å². The minimum Gasteiger partial charge on any atom is -0.497 e. The van der Waals surface area contributed by atoms with Crippen molar-refractivity contribution >= 4 is 17.9 Å². The van der Waals surface area contributed by atoms with E-state index in [2.05, 4.69) is 10.3 Å². The molecule has 1 aliphatic heterocycles. The first-order chi connectivity index (χ1) is 12.1. The summed E-state index contributed by atoms with van der Waals surface area (Å²) in [7, 11) is 1.58. The fourth-order valence-corrected chi connectivity index (χ4v) is 2.77. The zero-order chi connectivity index (χ0) is 17.8. The van der Waals surface area contributed by atoms with Crippen molar-refractivity contribution in [1.82, 2.24) is 5.32 Å². The number of hydrogen-bond acceptors (Lipinski definition) is 3. The van der Waals surface area contributed by atoms with Gasteiger partial charge in [-0.3, -0.25) is 9.59 Å². The molecular formula is C20H20N2O3. The highest BCUT2D eigenvalue weighted by Gasteiger charge is 2.18. The SMILES string of the molecule is COc1ccc(C(=O)NCCC2C=c3ccc(C)cc3=NC2=O)cc1. The highest BCUT2D eigenvalue weighted by molar-refractivity contribution is 5.94. The van der Waals surface area contributed by atoms with Gasteiger partial charge < -0.3 is 10.1 Å². The number of aryl methyl sites for hydroxylation is 1. The molecule has 128 valence electrons. The van der Waals surface area contributed by atoms with Crippen LogP contribution in [0.25, 0.3) is 6.08 Å². The highest BCUT2D eigenvalue weighted by atomic mass is 16.5. The Balaban J connectivity index is 1.61. The maximum absolute atomic E-state index is 12.2. The molecule has 0 bridgehead atoms. The third-order valence-electron chi connectivity index (χ3n) is 4.21. The van der Waals surface area contributed by atoms with Crippen molar-refractivity contribution in [1.29, 1.82) is 0 Å². The summed E-state index contributed by atoms with van der Waals surface area (Å²) in [4.78, 5) is 28.5. The van der Waals surface area contributed by atoms with Crippen LogP contribution < -0.4 is 20.6 Å². The predicted molar refractivity (Wildman–Crippen MR) is 94.9 cm³/mol. The van der Waals surface area contributed by atoms with E-state index in [0.29, 0.717) is 24.3 Å². The number of hydrogen-bond donors (Lipinski definition) is 1. The van der Waals surface area contributed by atoms with Crippen LogP contribution in [0.4, 0.5) is 0 Å². The molecule has 0 aliphatic carbocycles. The Morgan fingerprint density at radius 3 is 2.68 bits per heavy atom. The van der Waals surface area contributed by atoms with E-state index in [0.717, 1.165) is 16.1 Å². The van der Waals surface area contributed by atoms with Gasteiger partial charge in [-0.2, -0.15) is 0 Å². The van der Waals surface area contributed by atoms with Gasteiger partial charge in [-0.1, -0.05) is 18.2 Å². The van der Waals surface area contributed by atoms with Crippen molar-refractivity contribution in [3.63, 3.8) is 0 Å². The van der Waals surface area contributed by atoms with Crippen LogP contribution in [0.1, 0.15) is 22.3 Å². The van der Waals surface area contributed by atoms with Gasteiger partial charge in [0.1, 0.15) is 5.75 Å². The second-order valence-corrected chi connectivity index (χ2v) is 6.06. The molecule has 3 rings (SSSR count). The quantitative estimate of drug-likeness (QED) is 0.897. The molecule has 5 heteroatoms. The van der Waals surface area contributed by atoms with Crippen LogP contribution in [0.3, 0.4) is 0 Å². The number of nitrogens with one attached hydrogen (secondary N) is 1. The van der Waals surface area contributed by atoms with Crippen LogP contribution in [0.5, 0.6) is 5.75 Å². The maximum atomic E-state index is 12.2. The van der Waals surface area contributed by atoms with Crippen molar-refractivity contribution in [3.8, 4) is 5.75 Å². The third kappa shape index (κ3) is 3.94. The molecule has 2 amide bonds. The average Bonchev–Trinajstić information content (AvgIpc) is 2.62. The molecule has 0 saturated carbocycles. The summed E-state index contributed by atoms with van der Waals surface area (Å²) >= 11 is 0. The second kappa shape index (κ2) is 7.30. The zero-order valence-corrected chi connectivity index (χ0v) is 14.3. The first-order valence-corrected chi connectivity index (χ1v) is 8.20. The fourth-order valence-electron chi connectivity index (χ4n) is 2.77. The van der Waals surface area contributed by atoms with E-state index in [4.69, 9.17) is 4.74 Å². The zero-order valence-electron chi connectivity index (χ0n) is 14.3. The lowest BCUT2D eigenvalue weighted by Crippen LogP contribution is -2.35. The summed E-state index contributed by atoms with van der Waals surface area (Å²) in [6.07, 6.45) is 2.46. The molecular weight excluding hydrogens is 316 g/mol. The Morgan fingerprint density at radius 1 is 1.20 bits per heavy atom. The van der Waals surface area contributed by atoms with Gasteiger partial charge in [0.05, 0.1) is 18.4 Å². The number of ether oxygens (including phenoxy) is 1. The standard InChI is InChI=1S/C20H20N2O3/c1-13-3-4-15-12-16(20(24)22-18(15)11-13)9-10-21-19(23)14-5-7-17(25-2)8-6-14/h3-8,11-12,16H,9-10H2,1-2H3,(H,21,23). The van der Waals surface area contributed by atoms with Gasteiger partial charge in [0.25, 0.3) is 11.8 Å². The maximum Gasteiger partial charge on any atom is 0.253 e. The van der Waals surface area contributed by atoms with E-state index < -0.39 is 0 Å². The summed E-state index contributed by atoms with van der Waals surface area (Å²) in [5.41, 5.74) is 1.64. The largest absolute Gasteiger partial charge is 0.497 e. The normalized spacial score (nSPS) is 15.6. The van der Waals surface area contributed by atoms with Crippen molar-refractivity contribution < 1.29 is 14.3 Å². The molecule has 1 N–H and O–H groups in total. The van der Waals surface area contributed by atoms with Gasteiger partial charge in [-0.25, -0.2) is 4.99 Å². The van der Waals surface area contributed by atoms with Crippen LogP contribution in [0.15, 0.2) is 47.5 Å². The molecule has 0 saturated heterocycles. The van der Waals surface area contributed by atoms with E-state index >= 15 is 0 Å². The summed E-state index contributed by atoms with van der Waals surface area (Å²) < 4.78 is 5.07. The number of amides is 2. The van der Waals surface area contributed by atoms with E-state index in [1.807, 2.05) is 31.2 Å². The molecule has 0 radical (unpaired) electrons. The predicted octanol–water partition coefficient (Wildman–Crippen LogP) is 1.38. The molecule has 1 heterocycles. The molecule has 2 aromatic rings. The van der Waals surface area contributed by atoms with E-state index in [-0.39, 0.29) is 17.7 Å². The first kappa shape index (κ1) is 16.9. The number of rotatable bonds is 5. The van der Waals surface area contributed by atoms with Crippen molar-refractivity contribution in [3.05, 3.63) is 64.2 Å². The molecule has 0 aromatic heterocycles. The number of carbonyl (C=O) groups is 2. The minimum atomic E-state index is -0.300. The molecule has 5 nitrogen and oxygen atoms in total. The number of nitrogens with zero attached hydrogens (tertiary/aromatic N) is 1. The van der Waals surface area contributed by atoms with Gasteiger partial charge in [0.2, 0.25) is 0 Å². The monoisotopic (exact) mass is 336 g/mol. The van der Waals surface area contributed by atoms with E-state index in [9.17, 15) is 9.59 Å². The third-order valence-corrected chi connectivity index (χ3v) is 4.21. The number of benzene rings is 2. The van der Waals surface area contributed by atoms with E-state index in [1.165, 1.54) is 0 Å². The number of fused-ring (bicyclic) bond motifs is 1. The van der Waals surface area contributed by atoms with Gasteiger partial charge in [-0.05, 0) is 54.5 Å². The summed E-state index contributed by atoms with van der Waals surface area (Å²) in [5, 5.41) is 4.54. The van der Waals surface area contributed by atoms with Crippen LogP contribution in [-0.2, 0) is 4.79 Å². The average molecular weight is 336 g/mol. The van der Waals surface area contributed by atoms with Crippen LogP contribution in [0, 0.1) is 12.8 Å². The van der Waals surface area contributed by atoms with E-state index in [1.54, 1.807) is 31.4 Å². The number of methoxy groups -OCH3 is 1. The highest BCUT2D eigenvalue weighted by Crippen LogP contribution is 2.12. The lowest BCUT2D eigenvalue weighted by atomic mass is 9.99. The Labute approximate surface area is 146 Å². The Kier molecular flexibility index (Phi) is 4.93. The lowest BCUT2D eigenvalue weighted by molar-refractivity contribution is -0.120. The molecule has 2 aromatic carbocycles. The van der Waals surface area contributed by atoms with Gasteiger partial charge in [0.15, 0.2) is 0 Å². The first-order valence-electron chi connectivity index (χ1n) is 8.20. The van der Waals surface area contributed by atoms with Gasteiger partial charge >= 0.3 is 0 Å². The Morgan fingerprint density at radius 2 is 1.96 bits per heavy atom. The molecule has 1 aliphatic rings. The summed E-state index contributed by atoms with van der Waals surface area (Å²) in [6, 6.07) is 12.8. The van der Waals surface area contributed by atoms with Crippen LogP contribution in [0.2, 0.25) is 0 Å². The Hall–Kier alpha value is -2.95.